The van der Waals surface area contributed by atoms with Crippen molar-refractivity contribution >= 4 is 21.4 Å². The maximum Gasteiger partial charge on any atom is 0.0345 e. The molecule has 1 unspecified atom stereocenters. The molecule has 1 atom stereocenters. The maximum atomic E-state index is 3.78. The maximum absolute atomic E-state index is 3.78. The first-order chi connectivity index (χ1) is 9.80. The van der Waals surface area contributed by atoms with E-state index >= 15 is 0 Å². The second-order valence-corrected chi connectivity index (χ2v) is 6.51. The molecule has 0 radical (unpaired) electrons. The molecule has 0 spiro atoms. The second-order valence-electron chi connectivity index (χ2n) is 5.60. The summed E-state index contributed by atoms with van der Waals surface area (Å²) in [7, 11) is 0. The fraction of sp³-hybridized carbons (Fsp3) is 0.556. The Hall–Kier alpha value is -0.860. The largest absolute Gasteiger partial charge is 0.313 e. The molecule has 0 bridgehead atoms. The molecular weight excluding hydrogens is 262 g/mol. The van der Waals surface area contributed by atoms with Gasteiger partial charge in [0.1, 0.15) is 0 Å². The molecule has 1 heterocycles. The van der Waals surface area contributed by atoms with Gasteiger partial charge in [-0.15, -0.1) is 11.3 Å². The van der Waals surface area contributed by atoms with Gasteiger partial charge >= 0.3 is 0 Å². The first-order valence-corrected chi connectivity index (χ1v) is 8.86. The van der Waals surface area contributed by atoms with Gasteiger partial charge in [-0.05, 0) is 47.7 Å². The number of hydrogen-bond donors (Lipinski definition) is 1. The van der Waals surface area contributed by atoms with Gasteiger partial charge in [0, 0.05) is 10.7 Å². The quantitative estimate of drug-likeness (QED) is 0.700. The summed E-state index contributed by atoms with van der Waals surface area (Å²) < 4.78 is 1.42. The molecule has 2 rings (SSSR count). The fourth-order valence-corrected chi connectivity index (χ4v) is 4.00. The van der Waals surface area contributed by atoms with Gasteiger partial charge in [-0.25, -0.2) is 0 Å². The summed E-state index contributed by atoms with van der Waals surface area (Å²) in [6.07, 6.45) is 4.90. The Balaban J connectivity index is 2.17. The molecule has 0 saturated heterocycles. The van der Waals surface area contributed by atoms with Gasteiger partial charge in [0.15, 0.2) is 0 Å². The van der Waals surface area contributed by atoms with E-state index in [4.69, 9.17) is 0 Å². The van der Waals surface area contributed by atoms with Crippen molar-refractivity contribution in [3.8, 4) is 0 Å². The number of rotatable bonds is 8. The zero-order valence-corrected chi connectivity index (χ0v) is 13.8. The van der Waals surface area contributed by atoms with Crippen molar-refractivity contribution in [2.45, 2.75) is 52.5 Å². The Kier molecular flexibility index (Phi) is 6.06. The van der Waals surface area contributed by atoms with E-state index < -0.39 is 0 Å². The molecule has 0 saturated carbocycles. The van der Waals surface area contributed by atoms with E-state index in [9.17, 15) is 0 Å². The predicted molar refractivity (Wildman–Crippen MR) is 91.7 cm³/mol. The lowest BCUT2D eigenvalue weighted by molar-refractivity contribution is 0.333. The number of hydrogen-bond acceptors (Lipinski definition) is 2. The van der Waals surface area contributed by atoms with Crippen molar-refractivity contribution in [2.75, 3.05) is 6.54 Å². The van der Waals surface area contributed by atoms with E-state index in [0.717, 1.165) is 18.9 Å². The van der Waals surface area contributed by atoms with Crippen LogP contribution in [-0.4, -0.2) is 12.6 Å². The molecule has 2 heteroatoms. The van der Waals surface area contributed by atoms with Crippen LogP contribution in [0.4, 0.5) is 0 Å². The van der Waals surface area contributed by atoms with Crippen LogP contribution < -0.4 is 5.32 Å². The lowest BCUT2D eigenvalue weighted by Gasteiger charge is -2.26. The van der Waals surface area contributed by atoms with Gasteiger partial charge in [0.05, 0.1) is 0 Å². The van der Waals surface area contributed by atoms with E-state index in [1.54, 1.807) is 0 Å². The highest BCUT2D eigenvalue weighted by Gasteiger charge is 2.19. The minimum Gasteiger partial charge on any atom is -0.313 e. The average molecular weight is 289 g/mol. The lowest BCUT2D eigenvalue weighted by Crippen LogP contribution is -2.38. The van der Waals surface area contributed by atoms with E-state index in [1.165, 1.54) is 34.9 Å². The monoisotopic (exact) mass is 289 g/mol. The van der Waals surface area contributed by atoms with Gasteiger partial charge in [-0.2, -0.15) is 0 Å². The summed E-state index contributed by atoms with van der Waals surface area (Å²) in [5.41, 5.74) is 1.52. The summed E-state index contributed by atoms with van der Waals surface area (Å²) in [5, 5.41) is 7.58. The molecule has 110 valence electrons. The first-order valence-electron chi connectivity index (χ1n) is 7.98. The summed E-state index contributed by atoms with van der Waals surface area (Å²) in [6, 6.07) is 9.41. The third-order valence-corrected chi connectivity index (χ3v) is 5.29. The Bertz CT molecular complexity index is 513. The number of thiophene rings is 1. The molecule has 0 aliphatic heterocycles. The Morgan fingerprint density at radius 3 is 2.55 bits per heavy atom. The van der Waals surface area contributed by atoms with Crippen LogP contribution in [0.25, 0.3) is 10.1 Å². The Morgan fingerprint density at radius 2 is 1.85 bits per heavy atom. The van der Waals surface area contributed by atoms with Gasteiger partial charge in [-0.1, -0.05) is 51.8 Å². The van der Waals surface area contributed by atoms with E-state index in [-0.39, 0.29) is 0 Å². The topological polar surface area (TPSA) is 12.0 Å². The molecule has 0 aliphatic carbocycles. The Morgan fingerprint density at radius 1 is 1.10 bits per heavy atom. The van der Waals surface area contributed by atoms with Crippen molar-refractivity contribution in [3.63, 3.8) is 0 Å². The fourth-order valence-electron chi connectivity index (χ4n) is 3.02. The molecule has 1 nitrogen and oxygen atoms in total. The van der Waals surface area contributed by atoms with Gasteiger partial charge in [0.2, 0.25) is 0 Å². The van der Waals surface area contributed by atoms with Crippen LogP contribution in [0.3, 0.4) is 0 Å². The van der Waals surface area contributed by atoms with Crippen LogP contribution in [0.15, 0.2) is 29.6 Å². The SMILES string of the molecule is CCCNC(Cc1csc2ccccc12)C(CC)CC. The van der Waals surface area contributed by atoms with Crippen molar-refractivity contribution < 1.29 is 0 Å². The normalized spacial score (nSPS) is 13.2. The molecule has 0 amide bonds. The molecule has 2 aromatic rings. The summed E-state index contributed by atoms with van der Waals surface area (Å²) in [4.78, 5) is 0. The molecule has 1 N–H and O–H groups in total. The van der Waals surface area contributed by atoms with Crippen LogP contribution in [0.5, 0.6) is 0 Å². The highest BCUT2D eigenvalue weighted by Crippen LogP contribution is 2.28. The van der Waals surface area contributed by atoms with Crippen molar-refractivity contribution in [3.05, 3.63) is 35.2 Å². The molecule has 1 aromatic heterocycles. The van der Waals surface area contributed by atoms with Crippen molar-refractivity contribution in [2.24, 2.45) is 5.92 Å². The molecule has 0 aliphatic rings. The first kappa shape index (κ1) is 15.5. The summed E-state index contributed by atoms with van der Waals surface area (Å²) in [6.45, 7) is 8.02. The summed E-state index contributed by atoms with van der Waals surface area (Å²) in [5.74, 6) is 0.778. The third kappa shape index (κ3) is 3.62. The summed E-state index contributed by atoms with van der Waals surface area (Å²) >= 11 is 1.88. The van der Waals surface area contributed by atoms with Crippen molar-refractivity contribution in [1.82, 2.24) is 5.32 Å². The van der Waals surface area contributed by atoms with Crippen LogP contribution in [0.1, 0.15) is 45.6 Å². The number of nitrogens with one attached hydrogen (secondary N) is 1. The molecule has 1 aromatic carbocycles. The minimum absolute atomic E-state index is 0.614. The molecule has 0 fully saturated rings. The van der Waals surface area contributed by atoms with Gasteiger partial charge in [0.25, 0.3) is 0 Å². The van der Waals surface area contributed by atoms with Crippen LogP contribution in [-0.2, 0) is 6.42 Å². The van der Waals surface area contributed by atoms with Crippen LogP contribution in [0.2, 0.25) is 0 Å². The molecular formula is C18H27NS. The van der Waals surface area contributed by atoms with E-state index in [2.05, 4.69) is 55.7 Å². The zero-order chi connectivity index (χ0) is 14.4. The number of benzene rings is 1. The van der Waals surface area contributed by atoms with Gasteiger partial charge in [-0.3, -0.25) is 0 Å². The standard InChI is InChI=1S/C18H27NS/c1-4-11-19-17(14(5-2)6-3)12-15-13-20-18-10-8-7-9-16(15)18/h7-10,13-14,17,19H,4-6,11-12H2,1-3H3. The van der Waals surface area contributed by atoms with E-state index in [1.807, 2.05) is 11.3 Å². The highest BCUT2D eigenvalue weighted by molar-refractivity contribution is 7.17. The molecule has 20 heavy (non-hydrogen) atoms. The number of fused-ring (bicyclic) bond motifs is 1. The second kappa shape index (κ2) is 7.80. The average Bonchev–Trinajstić information content (AvgIpc) is 2.89. The Labute approximate surface area is 127 Å². The zero-order valence-electron chi connectivity index (χ0n) is 13.0. The van der Waals surface area contributed by atoms with Crippen LogP contribution in [0, 0.1) is 5.92 Å². The third-order valence-electron chi connectivity index (χ3n) is 4.28. The van der Waals surface area contributed by atoms with Crippen LogP contribution >= 0.6 is 11.3 Å². The van der Waals surface area contributed by atoms with E-state index in [0.29, 0.717) is 6.04 Å². The highest BCUT2D eigenvalue weighted by atomic mass is 32.1. The van der Waals surface area contributed by atoms with Gasteiger partial charge < -0.3 is 5.32 Å². The smallest absolute Gasteiger partial charge is 0.0345 e. The van der Waals surface area contributed by atoms with Crippen molar-refractivity contribution in [1.29, 1.82) is 0 Å². The lowest BCUT2D eigenvalue weighted by atomic mass is 9.89. The predicted octanol–water partition coefficient (Wildman–Crippen LogP) is 5.25. The minimum atomic E-state index is 0.614.